The molecule has 0 amide bonds. The van der Waals surface area contributed by atoms with Crippen LogP contribution in [0, 0.1) is 5.92 Å². The third-order valence-electron chi connectivity index (χ3n) is 5.68. The number of hydrogen-bond acceptors (Lipinski definition) is 7. The van der Waals surface area contributed by atoms with Crippen molar-refractivity contribution < 1.29 is 23.8 Å². The van der Waals surface area contributed by atoms with E-state index >= 15 is 0 Å². The van der Waals surface area contributed by atoms with Crippen LogP contribution in [0.15, 0.2) is 18.7 Å². The van der Waals surface area contributed by atoms with E-state index in [9.17, 15) is 9.59 Å². The number of esters is 2. The van der Waals surface area contributed by atoms with Crippen molar-refractivity contribution in [3.63, 3.8) is 0 Å². The molecule has 30 heavy (non-hydrogen) atoms. The summed E-state index contributed by atoms with van der Waals surface area (Å²) in [5, 5.41) is 0. The average Bonchev–Trinajstić information content (AvgIpc) is 3.40. The molecule has 1 saturated heterocycles. The van der Waals surface area contributed by atoms with Crippen LogP contribution in [0.5, 0.6) is 0 Å². The van der Waals surface area contributed by atoms with Crippen molar-refractivity contribution in [1.29, 1.82) is 0 Å². The summed E-state index contributed by atoms with van der Waals surface area (Å²) < 4.78 is 19.4. The minimum absolute atomic E-state index is 0.0965. The maximum absolute atomic E-state index is 13.6. The molecule has 0 radical (unpaired) electrons. The van der Waals surface area contributed by atoms with E-state index in [2.05, 4.69) is 9.88 Å². The standard InChI is InChI=1S/C22H35N3O5/c1-5-28-19(26)17-8-10-18(11-9-17)29-22(24-13-6-7-14-24,25-15-12-23-16-25)20(27)30-21(2,3)4/h12,15-18H,5-11,13-14H2,1-4H3/t17-,18-,22?. The highest BCUT2D eigenvalue weighted by Gasteiger charge is 2.52. The maximum atomic E-state index is 13.6. The smallest absolute Gasteiger partial charge is 0.377 e. The first-order valence-corrected chi connectivity index (χ1v) is 11.1. The lowest BCUT2D eigenvalue weighted by Gasteiger charge is -2.44. The lowest BCUT2D eigenvalue weighted by molar-refractivity contribution is -0.259. The lowest BCUT2D eigenvalue weighted by Crippen LogP contribution is -2.60. The molecule has 1 aliphatic carbocycles. The number of carbonyl (C=O) groups is 2. The molecular weight excluding hydrogens is 386 g/mol. The predicted molar refractivity (Wildman–Crippen MR) is 110 cm³/mol. The fourth-order valence-corrected chi connectivity index (χ4v) is 4.29. The molecule has 8 nitrogen and oxygen atoms in total. The molecule has 8 heteroatoms. The second-order valence-electron chi connectivity index (χ2n) is 9.12. The molecule has 2 fully saturated rings. The molecular formula is C22H35N3O5. The SMILES string of the molecule is CCOC(=O)[C@H]1CC[C@H](OC(C(=O)OC(C)(C)C)(N2CCCC2)n2ccnc2)CC1. The van der Waals surface area contributed by atoms with E-state index in [1.807, 2.05) is 27.7 Å². The minimum Gasteiger partial charge on any atom is -0.466 e. The molecule has 168 valence electrons. The molecule has 2 aliphatic rings. The number of imidazole rings is 1. The van der Waals surface area contributed by atoms with Gasteiger partial charge in [0, 0.05) is 25.5 Å². The van der Waals surface area contributed by atoms with Gasteiger partial charge in [-0.15, -0.1) is 0 Å². The molecule has 0 spiro atoms. The van der Waals surface area contributed by atoms with Crippen LogP contribution in [0.4, 0.5) is 0 Å². The summed E-state index contributed by atoms with van der Waals surface area (Å²) >= 11 is 0. The van der Waals surface area contributed by atoms with Crippen LogP contribution in [0.1, 0.15) is 66.2 Å². The number of likely N-dealkylation sites (tertiary alicyclic amines) is 1. The van der Waals surface area contributed by atoms with Gasteiger partial charge in [-0.3, -0.25) is 9.36 Å². The zero-order chi connectivity index (χ0) is 21.8. The second-order valence-corrected chi connectivity index (χ2v) is 9.12. The van der Waals surface area contributed by atoms with E-state index < -0.39 is 17.4 Å². The Morgan fingerprint density at radius 1 is 1.10 bits per heavy atom. The van der Waals surface area contributed by atoms with E-state index in [4.69, 9.17) is 14.2 Å². The highest BCUT2D eigenvalue weighted by molar-refractivity contribution is 5.77. The fraction of sp³-hybridized carbons (Fsp3) is 0.773. The first-order chi connectivity index (χ1) is 14.3. The first kappa shape index (κ1) is 22.7. The Balaban J connectivity index is 1.84. The third-order valence-corrected chi connectivity index (χ3v) is 5.68. The quantitative estimate of drug-likeness (QED) is 0.626. The Hall–Kier alpha value is -1.93. The van der Waals surface area contributed by atoms with Gasteiger partial charge in [-0.05, 0) is 66.2 Å². The maximum Gasteiger partial charge on any atom is 0.377 e. The zero-order valence-corrected chi connectivity index (χ0v) is 18.6. The van der Waals surface area contributed by atoms with Gasteiger partial charge in [0.05, 0.1) is 25.0 Å². The Morgan fingerprint density at radius 3 is 2.30 bits per heavy atom. The van der Waals surface area contributed by atoms with Gasteiger partial charge in [0.15, 0.2) is 0 Å². The van der Waals surface area contributed by atoms with Crippen LogP contribution in [-0.4, -0.2) is 57.8 Å². The number of aromatic nitrogens is 2. The van der Waals surface area contributed by atoms with Gasteiger partial charge in [-0.25, -0.2) is 14.7 Å². The molecule has 1 aromatic heterocycles. The molecule has 0 bridgehead atoms. The molecule has 1 unspecified atom stereocenters. The highest BCUT2D eigenvalue weighted by atomic mass is 16.6. The summed E-state index contributed by atoms with van der Waals surface area (Å²) in [7, 11) is 0. The number of rotatable bonds is 7. The van der Waals surface area contributed by atoms with Crippen molar-refractivity contribution in [2.75, 3.05) is 19.7 Å². The average molecular weight is 422 g/mol. The van der Waals surface area contributed by atoms with E-state index in [-0.39, 0.29) is 18.0 Å². The topological polar surface area (TPSA) is 82.9 Å². The van der Waals surface area contributed by atoms with Crippen LogP contribution in [0.25, 0.3) is 0 Å². The van der Waals surface area contributed by atoms with Crippen LogP contribution >= 0.6 is 0 Å². The van der Waals surface area contributed by atoms with Gasteiger partial charge >= 0.3 is 17.8 Å². The monoisotopic (exact) mass is 421 g/mol. The summed E-state index contributed by atoms with van der Waals surface area (Å²) in [6.07, 6.45) is 9.63. The minimum atomic E-state index is -1.39. The highest BCUT2D eigenvalue weighted by Crippen LogP contribution is 2.37. The zero-order valence-electron chi connectivity index (χ0n) is 18.6. The van der Waals surface area contributed by atoms with Gasteiger partial charge in [-0.1, -0.05) is 0 Å². The summed E-state index contributed by atoms with van der Waals surface area (Å²) in [4.78, 5) is 31.9. The largest absolute Gasteiger partial charge is 0.466 e. The van der Waals surface area contributed by atoms with Crippen molar-refractivity contribution in [1.82, 2.24) is 14.5 Å². The Morgan fingerprint density at radius 2 is 1.77 bits per heavy atom. The Labute approximate surface area is 178 Å². The van der Waals surface area contributed by atoms with E-state index in [1.165, 1.54) is 0 Å². The van der Waals surface area contributed by atoms with Gasteiger partial charge in [0.1, 0.15) is 5.60 Å². The van der Waals surface area contributed by atoms with Crippen LogP contribution in [0.3, 0.4) is 0 Å². The van der Waals surface area contributed by atoms with Crippen molar-refractivity contribution in [2.45, 2.75) is 83.8 Å². The summed E-state index contributed by atoms with van der Waals surface area (Å²) in [6.45, 7) is 9.29. The second kappa shape index (κ2) is 9.47. The molecule has 1 saturated carbocycles. The molecule has 2 heterocycles. The lowest BCUT2D eigenvalue weighted by atomic mass is 9.87. The molecule has 1 atom stereocenters. The fourth-order valence-electron chi connectivity index (χ4n) is 4.29. The predicted octanol–water partition coefficient (Wildman–Crippen LogP) is 3.07. The number of ether oxygens (including phenoxy) is 3. The van der Waals surface area contributed by atoms with Crippen LogP contribution in [-0.2, 0) is 29.6 Å². The summed E-state index contributed by atoms with van der Waals surface area (Å²) in [6, 6.07) is 0. The first-order valence-electron chi connectivity index (χ1n) is 11.1. The van der Waals surface area contributed by atoms with E-state index in [0.29, 0.717) is 32.3 Å². The third kappa shape index (κ3) is 5.03. The molecule has 0 aromatic carbocycles. The van der Waals surface area contributed by atoms with Crippen molar-refractivity contribution in [3.05, 3.63) is 18.7 Å². The van der Waals surface area contributed by atoms with Crippen LogP contribution < -0.4 is 0 Å². The molecule has 3 rings (SSSR count). The normalized spacial score (nSPS) is 24.9. The van der Waals surface area contributed by atoms with Gasteiger partial charge < -0.3 is 14.2 Å². The molecule has 0 N–H and O–H groups in total. The van der Waals surface area contributed by atoms with Gasteiger partial charge in [0.25, 0.3) is 0 Å². The van der Waals surface area contributed by atoms with E-state index in [0.717, 1.165) is 25.9 Å². The molecule has 1 aromatic rings. The van der Waals surface area contributed by atoms with Crippen molar-refractivity contribution in [2.24, 2.45) is 5.92 Å². The number of nitrogens with zero attached hydrogens (tertiary/aromatic N) is 3. The van der Waals surface area contributed by atoms with Crippen molar-refractivity contribution in [3.8, 4) is 0 Å². The van der Waals surface area contributed by atoms with E-state index in [1.54, 1.807) is 23.3 Å². The van der Waals surface area contributed by atoms with Crippen molar-refractivity contribution >= 4 is 11.9 Å². The van der Waals surface area contributed by atoms with Crippen LogP contribution in [0.2, 0.25) is 0 Å². The van der Waals surface area contributed by atoms with Gasteiger partial charge in [0.2, 0.25) is 0 Å². The molecule has 1 aliphatic heterocycles. The number of hydrogen-bond donors (Lipinski definition) is 0. The number of carbonyl (C=O) groups excluding carboxylic acids is 2. The summed E-state index contributed by atoms with van der Waals surface area (Å²) in [5.74, 6) is -2.05. The summed E-state index contributed by atoms with van der Waals surface area (Å²) in [5.41, 5.74) is -0.645. The Kier molecular flexibility index (Phi) is 7.18. The van der Waals surface area contributed by atoms with Gasteiger partial charge in [-0.2, -0.15) is 0 Å². The Bertz CT molecular complexity index is 701.